The Balaban J connectivity index is 2.42. The van der Waals surface area contributed by atoms with E-state index in [-0.39, 0.29) is 0 Å². The highest BCUT2D eigenvalue weighted by atomic mass is 32.1. The summed E-state index contributed by atoms with van der Waals surface area (Å²) in [5, 5.41) is 0. The zero-order valence-electron chi connectivity index (χ0n) is 5.67. The highest BCUT2D eigenvalue weighted by Crippen LogP contribution is 2.07. The highest BCUT2D eigenvalue weighted by molar-refractivity contribution is 7.79. The van der Waals surface area contributed by atoms with Crippen molar-refractivity contribution in [2.24, 2.45) is 4.40 Å². The van der Waals surface area contributed by atoms with Gasteiger partial charge in [-0.2, -0.15) is 0 Å². The molecule has 1 aliphatic heterocycles. The fraction of sp³-hybridized carbons (Fsp3) is 0.833. The molecule has 1 aliphatic rings. The first-order valence-electron chi connectivity index (χ1n) is 3.28. The molecule has 1 rings (SSSR count). The van der Waals surface area contributed by atoms with E-state index in [2.05, 4.69) is 22.1 Å². The molecule has 1 heterocycles. The van der Waals surface area contributed by atoms with Crippen molar-refractivity contribution in [2.45, 2.75) is 19.8 Å². The molecule has 0 aromatic rings. The van der Waals surface area contributed by atoms with Crippen LogP contribution in [0.3, 0.4) is 0 Å². The number of rotatable bonds is 0. The minimum Gasteiger partial charge on any atom is -0.360 e. The summed E-state index contributed by atoms with van der Waals surface area (Å²) in [5.74, 6) is 1.05. The van der Waals surface area contributed by atoms with Gasteiger partial charge in [0.2, 0.25) is 0 Å². The molecule has 0 unspecified atom stereocenters. The van der Waals surface area contributed by atoms with E-state index in [0.717, 1.165) is 18.9 Å². The molecule has 0 aromatic heterocycles. The maximum Gasteiger partial charge on any atom is 0.109 e. The van der Waals surface area contributed by atoms with Crippen molar-refractivity contribution in [3.8, 4) is 0 Å². The van der Waals surface area contributed by atoms with E-state index in [1.165, 1.54) is 12.8 Å². The minimum absolute atomic E-state index is 1.05. The summed E-state index contributed by atoms with van der Waals surface area (Å²) >= 11 is 3.84. The fourth-order valence-electron chi connectivity index (χ4n) is 1.10. The normalized spacial score (nSPS) is 21.1. The summed E-state index contributed by atoms with van der Waals surface area (Å²) in [6, 6.07) is 0. The number of nitrogens with zero attached hydrogens (tertiary/aromatic N) is 2. The van der Waals surface area contributed by atoms with Gasteiger partial charge in [-0.05, 0) is 32.6 Å². The van der Waals surface area contributed by atoms with Gasteiger partial charge in [0.25, 0.3) is 0 Å². The van der Waals surface area contributed by atoms with Gasteiger partial charge in [-0.15, -0.1) is 0 Å². The van der Waals surface area contributed by atoms with Gasteiger partial charge in [0, 0.05) is 13.1 Å². The van der Waals surface area contributed by atoms with E-state index in [1.807, 2.05) is 6.92 Å². The SMILES string of the molecule is C/C(=N/S)N1CCCC1. The van der Waals surface area contributed by atoms with E-state index in [0.29, 0.717) is 0 Å². The topological polar surface area (TPSA) is 15.6 Å². The van der Waals surface area contributed by atoms with Crippen LogP contribution in [0.2, 0.25) is 0 Å². The number of amidine groups is 1. The Labute approximate surface area is 61.5 Å². The quantitative estimate of drug-likeness (QED) is 0.308. The van der Waals surface area contributed by atoms with Gasteiger partial charge in [-0.3, -0.25) is 0 Å². The van der Waals surface area contributed by atoms with Crippen LogP contribution in [-0.2, 0) is 0 Å². The van der Waals surface area contributed by atoms with Crippen LogP contribution < -0.4 is 0 Å². The summed E-state index contributed by atoms with van der Waals surface area (Å²) in [6.45, 7) is 4.32. The Hall–Kier alpha value is -0.180. The predicted molar refractivity (Wildman–Crippen MR) is 42.9 cm³/mol. The number of hydrogen-bond acceptors (Lipinski definition) is 2. The lowest BCUT2D eigenvalue weighted by molar-refractivity contribution is 0.518. The van der Waals surface area contributed by atoms with Crippen LogP contribution in [0.5, 0.6) is 0 Å². The molecule has 0 saturated carbocycles. The number of thiol groups is 1. The first kappa shape index (κ1) is 6.93. The average Bonchev–Trinajstić information content (AvgIpc) is 2.37. The van der Waals surface area contributed by atoms with Crippen molar-refractivity contribution in [3.05, 3.63) is 0 Å². The second kappa shape index (κ2) is 3.11. The molecule has 0 aromatic carbocycles. The van der Waals surface area contributed by atoms with Crippen LogP contribution in [0.1, 0.15) is 19.8 Å². The minimum atomic E-state index is 1.05. The van der Waals surface area contributed by atoms with Crippen molar-refractivity contribution in [1.82, 2.24) is 4.90 Å². The van der Waals surface area contributed by atoms with Gasteiger partial charge in [0.15, 0.2) is 0 Å². The van der Waals surface area contributed by atoms with Gasteiger partial charge in [-0.25, -0.2) is 4.40 Å². The smallest absolute Gasteiger partial charge is 0.109 e. The Morgan fingerprint density at radius 2 is 2.00 bits per heavy atom. The van der Waals surface area contributed by atoms with E-state index in [4.69, 9.17) is 0 Å². The largest absolute Gasteiger partial charge is 0.360 e. The zero-order chi connectivity index (χ0) is 6.69. The lowest BCUT2D eigenvalue weighted by Crippen LogP contribution is -2.24. The van der Waals surface area contributed by atoms with E-state index in [1.54, 1.807) is 0 Å². The van der Waals surface area contributed by atoms with Gasteiger partial charge in [-0.1, -0.05) is 0 Å². The van der Waals surface area contributed by atoms with E-state index >= 15 is 0 Å². The van der Waals surface area contributed by atoms with Crippen LogP contribution >= 0.6 is 12.8 Å². The van der Waals surface area contributed by atoms with Crippen molar-refractivity contribution < 1.29 is 0 Å². The Kier molecular flexibility index (Phi) is 2.39. The second-order valence-corrected chi connectivity index (χ2v) is 2.54. The van der Waals surface area contributed by atoms with Crippen LogP contribution in [-0.4, -0.2) is 23.8 Å². The standard InChI is InChI=1S/C6H12N2S/c1-6(7-9)8-4-2-3-5-8/h9H,2-5H2,1H3/b7-6-. The maximum atomic E-state index is 3.84. The van der Waals surface area contributed by atoms with Crippen molar-refractivity contribution >= 4 is 18.7 Å². The van der Waals surface area contributed by atoms with Gasteiger partial charge in [0.05, 0.1) is 0 Å². The van der Waals surface area contributed by atoms with Crippen LogP contribution in [0.25, 0.3) is 0 Å². The maximum absolute atomic E-state index is 3.84. The lowest BCUT2D eigenvalue weighted by Gasteiger charge is -2.14. The molecule has 3 heteroatoms. The third-order valence-corrected chi connectivity index (χ3v) is 2.00. The first-order chi connectivity index (χ1) is 4.34. The summed E-state index contributed by atoms with van der Waals surface area (Å²) in [5.41, 5.74) is 0. The molecule has 2 nitrogen and oxygen atoms in total. The third-order valence-electron chi connectivity index (χ3n) is 1.71. The molecule has 0 bridgehead atoms. The van der Waals surface area contributed by atoms with Crippen LogP contribution in [0.4, 0.5) is 0 Å². The van der Waals surface area contributed by atoms with Crippen LogP contribution in [0, 0.1) is 0 Å². The van der Waals surface area contributed by atoms with Gasteiger partial charge < -0.3 is 4.90 Å². The molecule has 0 radical (unpaired) electrons. The van der Waals surface area contributed by atoms with Gasteiger partial charge in [0.1, 0.15) is 5.84 Å². The average molecular weight is 144 g/mol. The van der Waals surface area contributed by atoms with E-state index < -0.39 is 0 Å². The van der Waals surface area contributed by atoms with Crippen LogP contribution in [0.15, 0.2) is 4.40 Å². The number of likely N-dealkylation sites (tertiary alicyclic amines) is 1. The van der Waals surface area contributed by atoms with E-state index in [9.17, 15) is 0 Å². The third kappa shape index (κ3) is 1.61. The molecule has 0 amide bonds. The Morgan fingerprint density at radius 3 is 2.44 bits per heavy atom. The summed E-state index contributed by atoms with van der Waals surface area (Å²) in [4.78, 5) is 2.26. The second-order valence-electron chi connectivity index (χ2n) is 2.34. The van der Waals surface area contributed by atoms with Crippen molar-refractivity contribution in [3.63, 3.8) is 0 Å². The fourth-order valence-corrected chi connectivity index (χ4v) is 1.23. The molecule has 0 N–H and O–H groups in total. The molecule has 52 valence electrons. The molecule has 0 atom stereocenters. The Bertz CT molecular complexity index is 116. The predicted octanol–water partition coefficient (Wildman–Crippen LogP) is 1.35. The Morgan fingerprint density at radius 1 is 1.44 bits per heavy atom. The molecule has 0 spiro atoms. The van der Waals surface area contributed by atoms with Crippen molar-refractivity contribution in [1.29, 1.82) is 0 Å². The monoisotopic (exact) mass is 144 g/mol. The molecule has 9 heavy (non-hydrogen) atoms. The summed E-state index contributed by atoms with van der Waals surface area (Å²) in [6.07, 6.45) is 2.61. The summed E-state index contributed by atoms with van der Waals surface area (Å²) < 4.78 is 3.81. The zero-order valence-corrected chi connectivity index (χ0v) is 6.56. The lowest BCUT2D eigenvalue weighted by atomic mass is 10.4. The molecule has 1 saturated heterocycles. The molecule has 0 aliphatic carbocycles. The van der Waals surface area contributed by atoms with Crippen molar-refractivity contribution in [2.75, 3.05) is 13.1 Å². The number of hydrogen-bond donors (Lipinski definition) is 1. The molecular formula is C6H12N2S. The summed E-state index contributed by atoms with van der Waals surface area (Å²) in [7, 11) is 0. The molecular weight excluding hydrogens is 132 g/mol. The highest BCUT2D eigenvalue weighted by Gasteiger charge is 2.11. The van der Waals surface area contributed by atoms with Gasteiger partial charge >= 0.3 is 0 Å². The first-order valence-corrected chi connectivity index (χ1v) is 3.68. The molecule has 1 fully saturated rings.